The molecular formula is C15H19N5O2. The van der Waals surface area contributed by atoms with Gasteiger partial charge >= 0.3 is 0 Å². The number of amides is 1. The molecule has 3 rings (SSSR count). The van der Waals surface area contributed by atoms with Crippen molar-refractivity contribution >= 4 is 16.8 Å². The number of hydrogen-bond acceptors (Lipinski definition) is 5. The highest BCUT2D eigenvalue weighted by atomic mass is 16.2. The van der Waals surface area contributed by atoms with Crippen molar-refractivity contribution in [1.82, 2.24) is 24.8 Å². The summed E-state index contributed by atoms with van der Waals surface area (Å²) in [7, 11) is 2.03. The largest absolute Gasteiger partial charge is 0.338 e. The van der Waals surface area contributed by atoms with E-state index < -0.39 is 6.04 Å². The van der Waals surface area contributed by atoms with Gasteiger partial charge in [-0.15, -0.1) is 5.10 Å². The first-order chi connectivity index (χ1) is 10.6. The predicted molar refractivity (Wildman–Crippen MR) is 82.6 cm³/mol. The second kappa shape index (κ2) is 5.84. The standard InChI is InChI=1S/C15H19N5O2/c1-11(14(21)19-9-7-18(2)8-10-19)20-15(22)12-5-3-4-6-13(12)16-17-20/h3-6,11H,7-10H2,1-2H3. The first kappa shape index (κ1) is 14.6. The molecule has 7 heteroatoms. The zero-order valence-corrected chi connectivity index (χ0v) is 12.8. The third-order valence-corrected chi connectivity index (χ3v) is 4.13. The number of carbonyl (C=O) groups excluding carboxylic acids is 1. The van der Waals surface area contributed by atoms with Crippen LogP contribution in [0.15, 0.2) is 29.1 Å². The van der Waals surface area contributed by atoms with Crippen LogP contribution in [0.5, 0.6) is 0 Å². The lowest BCUT2D eigenvalue weighted by Gasteiger charge is -2.33. The minimum absolute atomic E-state index is 0.0835. The summed E-state index contributed by atoms with van der Waals surface area (Å²) in [5.74, 6) is -0.0835. The molecule has 0 saturated carbocycles. The van der Waals surface area contributed by atoms with Gasteiger partial charge in [-0.2, -0.15) is 4.68 Å². The maximum absolute atomic E-state index is 12.6. The Morgan fingerprint density at radius 1 is 1.18 bits per heavy atom. The van der Waals surface area contributed by atoms with Crippen molar-refractivity contribution in [3.63, 3.8) is 0 Å². The van der Waals surface area contributed by atoms with Crippen molar-refractivity contribution in [2.24, 2.45) is 0 Å². The normalized spacial score (nSPS) is 17.6. The Balaban J connectivity index is 1.88. The number of carbonyl (C=O) groups is 1. The minimum Gasteiger partial charge on any atom is -0.338 e. The van der Waals surface area contributed by atoms with E-state index in [1.807, 2.05) is 7.05 Å². The van der Waals surface area contributed by atoms with Crippen LogP contribution < -0.4 is 5.56 Å². The lowest BCUT2D eigenvalue weighted by atomic mass is 10.2. The minimum atomic E-state index is -0.645. The van der Waals surface area contributed by atoms with Gasteiger partial charge in [0.1, 0.15) is 11.6 Å². The molecule has 22 heavy (non-hydrogen) atoms. The molecule has 0 N–H and O–H groups in total. The second-order valence-electron chi connectivity index (χ2n) is 5.66. The molecule has 7 nitrogen and oxygen atoms in total. The molecule has 0 bridgehead atoms. The van der Waals surface area contributed by atoms with E-state index in [0.717, 1.165) is 13.1 Å². The number of likely N-dealkylation sites (N-methyl/N-ethyl adjacent to an activating group) is 1. The van der Waals surface area contributed by atoms with Crippen molar-refractivity contribution in [3.8, 4) is 0 Å². The average Bonchev–Trinajstić information content (AvgIpc) is 2.55. The summed E-state index contributed by atoms with van der Waals surface area (Å²) < 4.78 is 1.18. The molecule has 0 aliphatic carbocycles. The highest BCUT2D eigenvalue weighted by Crippen LogP contribution is 2.11. The highest BCUT2D eigenvalue weighted by Gasteiger charge is 2.26. The summed E-state index contributed by atoms with van der Waals surface area (Å²) in [5, 5.41) is 8.45. The average molecular weight is 301 g/mol. The van der Waals surface area contributed by atoms with Crippen molar-refractivity contribution in [2.75, 3.05) is 33.2 Å². The molecule has 1 aliphatic rings. The van der Waals surface area contributed by atoms with Crippen LogP contribution in [0.4, 0.5) is 0 Å². The van der Waals surface area contributed by atoms with Gasteiger partial charge in [0, 0.05) is 26.2 Å². The number of piperazine rings is 1. The van der Waals surface area contributed by atoms with Crippen LogP contribution in [0.25, 0.3) is 10.9 Å². The zero-order valence-electron chi connectivity index (χ0n) is 12.8. The molecule has 1 amide bonds. The SMILES string of the molecule is CC(C(=O)N1CCN(C)CC1)n1nnc2ccccc2c1=O. The third kappa shape index (κ3) is 2.59. The smallest absolute Gasteiger partial charge is 0.278 e. The van der Waals surface area contributed by atoms with E-state index in [4.69, 9.17) is 0 Å². The summed E-state index contributed by atoms with van der Waals surface area (Å²) in [4.78, 5) is 29.0. The number of aromatic nitrogens is 3. The lowest BCUT2D eigenvalue weighted by Crippen LogP contribution is -2.50. The molecule has 2 aromatic rings. The Labute approximate surface area is 128 Å². The fourth-order valence-corrected chi connectivity index (χ4v) is 2.65. The highest BCUT2D eigenvalue weighted by molar-refractivity contribution is 5.81. The zero-order chi connectivity index (χ0) is 15.7. The van der Waals surface area contributed by atoms with Gasteiger partial charge in [-0.25, -0.2) is 0 Å². The van der Waals surface area contributed by atoms with Crippen molar-refractivity contribution in [3.05, 3.63) is 34.6 Å². The van der Waals surface area contributed by atoms with Crippen LogP contribution >= 0.6 is 0 Å². The molecule has 1 unspecified atom stereocenters. The first-order valence-corrected chi connectivity index (χ1v) is 7.39. The van der Waals surface area contributed by atoms with E-state index >= 15 is 0 Å². The third-order valence-electron chi connectivity index (χ3n) is 4.13. The van der Waals surface area contributed by atoms with Crippen LogP contribution in [-0.2, 0) is 4.79 Å². The van der Waals surface area contributed by atoms with Crippen LogP contribution in [0.1, 0.15) is 13.0 Å². The van der Waals surface area contributed by atoms with Gasteiger partial charge in [0.25, 0.3) is 5.56 Å². The van der Waals surface area contributed by atoms with Crippen LogP contribution in [0.3, 0.4) is 0 Å². The maximum atomic E-state index is 12.6. The number of rotatable bonds is 2. The molecule has 116 valence electrons. The molecule has 1 fully saturated rings. The van der Waals surface area contributed by atoms with E-state index in [-0.39, 0.29) is 11.5 Å². The van der Waals surface area contributed by atoms with Gasteiger partial charge in [0.05, 0.1) is 5.39 Å². The van der Waals surface area contributed by atoms with Gasteiger partial charge in [-0.1, -0.05) is 17.3 Å². The summed E-state index contributed by atoms with van der Waals surface area (Å²) >= 11 is 0. The number of benzene rings is 1. The number of hydrogen-bond donors (Lipinski definition) is 0. The molecule has 0 radical (unpaired) electrons. The van der Waals surface area contributed by atoms with Gasteiger partial charge in [0.15, 0.2) is 0 Å². The van der Waals surface area contributed by atoms with E-state index in [1.165, 1.54) is 4.68 Å². The van der Waals surface area contributed by atoms with Crippen molar-refractivity contribution < 1.29 is 4.79 Å². The first-order valence-electron chi connectivity index (χ1n) is 7.39. The molecule has 0 spiro atoms. The number of nitrogens with zero attached hydrogens (tertiary/aromatic N) is 5. The molecule has 2 heterocycles. The molecule has 1 aromatic carbocycles. The van der Waals surface area contributed by atoms with Crippen molar-refractivity contribution in [1.29, 1.82) is 0 Å². The molecule has 1 saturated heterocycles. The Morgan fingerprint density at radius 3 is 2.59 bits per heavy atom. The molecular weight excluding hydrogens is 282 g/mol. The van der Waals surface area contributed by atoms with Gasteiger partial charge < -0.3 is 9.80 Å². The fourth-order valence-electron chi connectivity index (χ4n) is 2.65. The van der Waals surface area contributed by atoms with E-state index in [1.54, 1.807) is 36.1 Å². The molecule has 1 atom stereocenters. The van der Waals surface area contributed by atoms with E-state index in [9.17, 15) is 9.59 Å². The Hall–Kier alpha value is -2.28. The second-order valence-corrected chi connectivity index (χ2v) is 5.66. The Kier molecular flexibility index (Phi) is 3.89. The van der Waals surface area contributed by atoms with Gasteiger partial charge in [0.2, 0.25) is 5.91 Å². The van der Waals surface area contributed by atoms with E-state index in [0.29, 0.717) is 24.0 Å². The van der Waals surface area contributed by atoms with E-state index in [2.05, 4.69) is 15.2 Å². The lowest BCUT2D eigenvalue weighted by molar-refractivity contribution is -0.136. The quantitative estimate of drug-likeness (QED) is 0.788. The van der Waals surface area contributed by atoms with Crippen molar-refractivity contribution in [2.45, 2.75) is 13.0 Å². The summed E-state index contributed by atoms with van der Waals surface area (Å²) in [6, 6.07) is 6.38. The summed E-state index contributed by atoms with van der Waals surface area (Å²) in [5.41, 5.74) is 0.267. The van der Waals surface area contributed by atoms with Crippen LogP contribution in [-0.4, -0.2) is 63.9 Å². The predicted octanol–water partition coefficient (Wildman–Crippen LogP) is 0.126. The van der Waals surface area contributed by atoms with Gasteiger partial charge in [-0.3, -0.25) is 9.59 Å². The Bertz CT molecular complexity index is 749. The number of fused-ring (bicyclic) bond motifs is 1. The summed E-state index contributed by atoms with van der Waals surface area (Å²) in [6.45, 7) is 4.74. The monoisotopic (exact) mass is 301 g/mol. The van der Waals surface area contributed by atoms with Crippen LogP contribution in [0.2, 0.25) is 0 Å². The topological polar surface area (TPSA) is 71.3 Å². The Morgan fingerprint density at radius 2 is 1.86 bits per heavy atom. The van der Waals surface area contributed by atoms with Crippen LogP contribution in [0, 0.1) is 0 Å². The fraction of sp³-hybridized carbons (Fsp3) is 0.467. The molecule has 1 aliphatic heterocycles. The molecule has 1 aromatic heterocycles. The van der Waals surface area contributed by atoms with Gasteiger partial charge in [-0.05, 0) is 26.1 Å². The summed E-state index contributed by atoms with van der Waals surface area (Å²) in [6.07, 6.45) is 0. The maximum Gasteiger partial charge on any atom is 0.278 e.